The van der Waals surface area contributed by atoms with Gasteiger partial charge in [-0.05, 0) is 55.7 Å². The highest BCUT2D eigenvalue weighted by molar-refractivity contribution is 6.04. The minimum Gasteiger partial charge on any atom is -0.459 e. The van der Waals surface area contributed by atoms with Crippen LogP contribution in [0, 0.1) is 12.7 Å². The van der Waals surface area contributed by atoms with E-state index in [0.717, 1.165) is 31.2 Å². The van der Waals surface area contributed by atoms with E-state index < -0.39 is 36.1 Å². The average molecular weight is 478 g/mol. The number of hydrogen-bond donors (Lipinski definition) is 2. The molecule has 0 unspecified atom stereocenters. The molecule has 4 rings (SSSR count). The van der Waals surface area contributed by atoms with E-state index in [1.165, 1.54) is 35.4 Å². The SMILES string of the molecule is Cc1cccc(N(C(=O)CNC(=O)c2ccco2)[C@@H](C(=O)NC2CCCC2)c2ccccc2F)c1. The van der Waals surface area contributed by atoms with Crippen molar-refractivity contribution in [2.75, 3.05) is 11.4 Å². The van der Waals surface area contributed by atoms with Gasteiger partial charge in [-0.3, -0.25) is 19.3 Å². The van der Waals surface area contributed by atoms with Crippen molar-refractivity contribution >= 4 is 23.4 Å². The summed E-state index contributed by atoms with van der Waals surface area (Å²) in [6.45, 7) is 1.46. The van der Waals surface area contributed by atoms with Crippen molar-refractivity contribution in [1.82, 2.24) is 10.6 Å². The maximum Gasteiger partial charge on any atom is 0.287 e. The Labute approximate surface area is 203 Å². The van der Waals surface area contributed by atoms with Crippen LogP contribution in [0.15, 0.2) is 71.3 Å². The summed E-state index contributed by atoms with van der Waals surface area (Å²) >= 11 is 0. The summed E-state index contributed by atoms with van der Waals surface area (Å²) in [6.07, 6.45) is 5.06. The second kappa shape index (κ2) is 11.0. The summed E-state index contributed by atoms with van der Waals surface area (Å²) in [5.74, 6) is -2.13. The molecule has 1 aromatic heterocycles. The van der Waals surface area contributed by atoms with Gasteiger partial charge in [0.25, 0.3) is 5.91 Å². The number of anilines is 1. The van der Waals surface area contributed by atoms with Gasteiger partial charge in [-0.15, -0.1) is 0 Å². The first-order chi connectivity index (χ1) is 16.9. The summed E-state index contributed by atoms with van der Waals surface area (Å²) in [5, 5.41) is 5.54. The van der Waals surface area contributed by atoms with Crippen LogP contribution in [-0.4, -0.2) is 30.3 Å². The molecule has 2 N–H and O–H groups in total. The van der Waals surface area contributed by atoms with Crippen LogP contribution in [0.1, 0.15) is 53.4 Å². The highest BCUT2D eigenvalue weighted by Gasteiger charge is 2.36. The Hall–Kier alpha value is -3.94. The fourth-order valence-electron chi connectivity index (χ4n) is 4.40. The third-order valence-corrected chi connectivity index (χ3v) is 6.10. The molecule has 0 aliphatic heterocycles. The van der Waals surface area contributed by atoms with E-state index in [4.69, 9.17) is 4.42 Å². The zero-order valence-electron chi connectivity index (χ0n) is 19.5. The molecular formula is C27H28FN3O4. The van der Waals surface area contributed by atoms with E-state index in [9.17, 15) is 14.4 Å². The molecule has 8 heteroatoms. The van der Waals surface area contributed by atoms with Gasteiger partial charge in [0.1, 0.15) is 11.9 Å². The Morgan fingerprint density at radius 2 is 1.83 bits per heavy atom. The van der Waals surface area contributed by atoms with E-state index in [-0.39, 0.29) is 17.4 Å². The lowest BCUT2D eigenvalue weighted by Crippen LogP contribution is -2.49. The van der Waals surface area contributed by atoms with Crippen LogP contribution >= 0.6 is 0 Å². The maximum atomic E-state index is 15.0. The van der Waals surface area contributed by atoms with Gasteiger partial charge in [0.15, 0.2) is 5.76 Å². The molecule has 35 heavy (non-hydrogen) atoms. The van der Waals surface area contributed by atoms with Crippen molar-refractivity contribution in [3.63, 3.8) is 0 Å². The van der Waals surface area contributed by atoms with Gasteiger partial charge in [0.05, 0.1) is 12.8 Å². The van der Waals surface area contributed by atoms with E-state index in [2.05, 4.69) is 10.6 Å². The van der Waals surface area contributed by atoms with Crippen LogP contribution < -0.4 is 15.5 Å². The fraction of sp³-hybridized carbons (Fsp3) is 0.296. The lowest BCUT2D eigenvalue weighted by molar-refractivity contribution is -0.126. The van der Waals surface area contributed by atoms with Crippen LogP contribution in [-0.2, 0) is 9.59 Å². The predicted octanol–water partition coefficient (Wildman–Crippen LogP) is 4.29. The van der Waals surface area contributed by atoms with Gasteiger partial charge in [-0.1, -0.05) is 43.2 Å². The van der Waals surface area contributed by atoms with E-state index in [1.807, 2.05) is 13.0 Å². The molecule has 0 radical (unpaired) electrons. The number of nitrogens with zero attached hydrogens (tertiary/aromatic N) is 1. The van der Waals surface area contributed by atoms with Crippen molar-refractivity contribution in [3.8, 4) is 0 Å². The number of carbonyl (C=O) groups excluding carboxylic acids is 3. The molecule has 1 atom stereocenters. The van der Waals surface area contributed by atoms with Crippen LogP contribution in [0.4, 0.5) is 10.1 Å². The lowest BCUT2D eigenvalue weighted by atomic mass is 10.0. The molecular weight excluding hydrogens is 449 g/mol. The third-order valence-electron chi connectivity index (χ3n) is 6.10. The number of benzene rings is 2. The van der Waals surface area contributed by atoms with E-state index in [1.54, 1.807) is 30.3 Å². The van der Waals surface area contributed by atoms with Gasteiger partial charge >= 0.3 is 0 Å². The number of nitrogens with one attached hydrogen (secondary N) is 2. The van der Waals surface area contributed by atoms with Gasteiger partial charge in [0, 0.05) is 17.3 Å². The summed E-state index contributed by atoms with van der Waals surface area (Å²) in [4.78, 5) is 40.8. The summed E-state index contributed by atoms with van der Waals surface area (Å²) < 4.78 is 20.1. The Morgan fingerprint density at radius 1 is 1.06 bits per heavy atom. The van der Waals surface area contributed by atoms with Gasteiger partial charge < -0.3 is 15.1 Å². The van der Waals surface area contributed by atoms with E-state index in [0.29, 0.717) is 5.69 Å². The third kappa shape index (κ3) is 5.77. The highest BCUT2D eigenvalue weighted by Crippen LogP contribution is 2.31. The summed E-state index contributed by atoms with van der Waals surface area (Å²) in [7, 11) is 0. The molecule has 1 fully saturated rings. The molecule has 3 aromatic rings. The number of aryl methyl sites for hydroxylation is 1. The zero-order chi connectivity index (χ0) is 24.8. The molecule has 7 nitrogen and oxygen atoms in total. The number of carbonyl (C=O) groups is 3. The molecule has 3 amide bonds. The van der Waals surface area contributed by atoms with E-state index >= 15 is 4.39 Å². The maximum absolute atomic E-state index is 15.0. The number of halogens is 1. The van der Waals surface area contributed by atoms with Crippen LogP contribution in [0.2, 0.25) is 0 Å². The molecule has 1 heterocycles. The standard InChI is InChI=1S/C27H28FN3O4/c1-18-8-6-11-20(16-18)31(24(32)17-29-26(33)23-14-7-15-35-23)25(21-12-4-5-13-22(21)28)27(34)30-19-9-2-3-10-19/h4-8,11-16,19,25H,2-3,9-10,17H2,1H3,(H,29,33)(H,30,34)/t25-/m1/s1. The first kappa shape index (κ1) is 24.2. The second-order valence-electron chi connectivity index (χ2n) is 8.68. The number of hydrogen-bond acceptors (Lipinski definition) is 4. The molecule has 182 valence electrons. The second-order valence-corrected chi connectivity index (χ2v) is 8.68. The number of furan rings is 1. The first-order valence-electron chi connectivity index (χ1n) is 11.7. The van der Waals surface area contributed by atoms with Crippen LogP contribution in [0.5, 0.6) is 0 Å². The van der Waals surface area contributed by atoms with Gasteiger partial charge in [-0.2, -0.15) is 0 Å². The molecule has 0 bridgehead atoms. The van der Waals surface area contributed by atoms with Gasteiger partial charge in [-0.25, -0.2) is 4.39 Å². The normalized spacial score (nSPS) is 14.3. The summed E-state index contributed by atoms with van der Waals surface area (Å²) in [5.41, 5.74) is 1.37. The Morgan fingerprint density at radius 3 is 2.51 bits per heavy atom. The summed E-state index contributed by atoms with van der Waals surface area (Å²) in [6, 6.07) is 14.8. The van der Waals surface area contributed by atoms with Crippen molar-refractivity contribution in [2.24, 2.45) is 0 Å². The number of amides is 3. The number of rotatable bonds is 8. The Bertz CT molecular complexity index is 1190. The van der Waals surface area contributed by atoms with Crippen molar-refractivity contribution in [3.05, 3.63) is 89.6 Å². The smallest absolute Gasteiger partial charge is 0.287 e. The Balaban J connectivity index is 1.70. The molecule has 0 saturated heterocycles. The van der Waals surface area contributed by atoms with Crippen LogP contribution in [0.3, 0.4) is 0 Å². The van der Waals surface area contributed by atoms with Crippen molar-refractivity contribution in [2.45, 2.75) is 44.7 Å². The van der Waals surface area contributed by atoms with Crippen LogP contribution in [0.25, 0.3) is 0 Å². The predicted molar refractivity (Wildman–Crippen MR) is 129 cm³/mol. The topological polar surface area (TPSA) is 91.7 Å². The molecule has 1 aliphatic rings. The molecule has 1 aliphatic carbocycles. The molecule has 1 saturated carbocycles. The molecule has 2 aromatic carbocycles. The quantitative estimate of drug-likeness (QED) is 0.506. The Kier molecular flexibility index (Phi) is 7.60. The van der Waals surface area contributed by atoms with Crippen molar-refractivity contribution in [1.29, 1.82) is 0 Å². The molecule has 0 spiro atoms. The first-order valence-corrected chi connectivity index (χ1v) is 11.7. The lowest BCUT2D eigenvalue weighted by Gasteiger charge is -2.32. The largest absolute Gasteiger partial charge is 0.459 e. The average Bonchev–Trinajstić information content (AvgIpc) is 3.56. The van der Waals surface area contributed by atoms with Crippen molar-refractivity contribution < 1.29 is 23.2 Å². The zero-order valence-corrected chi connectivity index (χ0v) is 19.5. The highest BCUT2D eigenvalue weighted by atomic mass is 19.1. The fourth-order valence-corrected chi connectivity index (χ4v) is 4.40. The minimum absolute atomic E-state index is 0.0232. The van der Waals surface area contributed by atoms with Gasteiger partial charge in [0.2, 0.25) is 11.8 Å². The monoisotopic (exact) mass is 477 g/mol. The minimum atomic E-state index is -1.26.